The number of para-hydroxylation sites is 1. The molecule has 0 saturated carbocycles. The lowest BCUT2D eigenvalue weighted by atomic mass is 10.2. The molecule has 2 aromatic rings. The third kappa shape index (κ3) is 5.83. The number of sulfonamides is 1. The summed E-state index contributed by atoms with van der Waals surface area (Å²) in [6.07, 6.45) is 0. The predicted octanol–water partition coefficient (Wildman–Crippen LogP) is 1.33. The van der Waals surface area contributed by atoms with Crippen LogP contribution in [0.3, 0.4) is 0 Å². The molecule has 1 aliphatic rings. The molecular formula is C22H27N3O5S. The number of amides is 2. The molecule has 0 aromatic heterocycles. The van der Waals surface area contributed by atoms with Crippen molar-refractivity contribution in [3.8, 4) is 5.75 Å². The van der Waals surface area contributed by atoms with Crippen molar-refractivity contribution in [2.45, 2.75) is 18.7 Å². The first-order valence-electron chi connectivity index (χ1n) is 10.1. The van der Waals surface area contributed by atoms with Crippen molar-refractivity contribution in [3.63, 3.8) is 0 Å². The maximum Gasteiger partial charge on any atom is 0.258 e. The zero-order valence-corrected chi connectivity index (χ0v) is 18.5. The normalized spacial score (nSPS) is 14.8. The van der Waals surface area contributed by atoms with Gasteiger partial charge in [-0.05, 0) is 43.2 Å². The van der Waals surface area contributed by atoms with Crippen LogP contribution < -0.4 is 10.1 Å². The number of ether oxygens (including phenoxy) is 1. The maximum atomic E-state index is 13.0. The lowest BCUT2D eigenvalue weighted by Crippen LogP contribution is -2.52. The molecule has 0 radical (unpaired) electrons. The van der Waals surface area contributed by atoms with E-state index >= 15 is 0 Å². The zero-order chi connectivity index (χ0) is 22.4. The van der Waals surface area contributed by atoms with Crippen molar-refractivity contribution in [1.29, 1.82) is 0 Å². The van der Waals surface area contributed by atoms with E-state index in [0.29, 0.717) is 16.2 Å². The van der Waals surface area contributed by atoms with Crippen LogP contribution in [-0.2, 0) is 19.6 Å². The first kappa shape index (κ1) is 22.8. The van der Waals surface area contributed by atoms with E-state index in [4.69, 9.17) is 4.74 Å². The van der Waals surface area contributed by atoms with Crippen LogP contribution in [0, 0.1) is 13.8 Å². The second-order valence-electron chi connectivity index (χ2n) is 7.43. The van der Waals surface area contributed by atoms with Gasteiger partial charge in [-0.3, -0.25) is 9.59 Å². The molecule has 0 spiro atoms. The Kier molecular flexibility index (Phi) is 7.29. The van der Waals surface area contributed by atoms with Gasteiger partial charge in [-0.25, -0.2) is 8.42 Å². The van der Waals surface area contributed by atoms with E-state index in [0.717, 1.165) is 5.56 Å². The Hall–Kier alpha value is -2.91. The fourth-order valence-electron chi connectivity index (χ4n) is 3.30. The van der Waals surface area contributed by atoms with E-state index in [9.17, 15) is 18.0 Å². The molecule has 8 nitrogen and oxygen atoms in total. The Morgan fingerprint density at radius 3 is 2.35 bits per heavy atom. The lowest BCUT2D eigenvalue weighted by Gasteiger charge is -2.34. The van der Waals surface area contributed by atoms with E-state index in [1.807, 2.05) is 19.1 Å². The van der Waals surface area contributed by atoms with Crippen molar-refractivity contribution in [1.82, 2.24) is 14.5 Å². The van der Waals surface area contributed by atoms with Crippen molar-refractivity contribution in [2.24, 2.45) is 0 Å². The fraction of sp³-hybridized carbons (Fsp3) is 0.364. The molecule has 1 aliphatic heterocycles. The van der Waals surface area contributed by atoms with Crippen LogP contribution in [0.2, 0.25) is 0 Å². The number of rotatable bonds is 7. The Labute approximate surface area is 182 Å². The Bertz CT molecular complexity index is 1030. The van der Waals surface area contributed by atoms with Crippen LogP contribution in [0.5, 0.6) is 5.75 Å². The third-order valence-electron chi connectivity index (χ3n) is 5.10. The molecule has 31 heavy (non-hydrogen) atoms. The Morgan fingerprint density at radius 1 is 1.00 bits per heavy atom. The van der Waals surface area contributed by atoms with Gasteiger partial charge in [-0.2, -0.15) is 4.31 Å². The molecule has 2 aromatic carbocycles. The van der Waals surface area contributed by atoms with Gasteiger partial charge in [-0.1, -0.05) is 30.3 Å². The Morgan fingerprint density at radius 2 is 1.68 bits per heavy atom. The van der Waals surface area contributed by atoms with Gasteiger partial charge < -0.3 is 15.0 Å². The predicted molar refractivity (Wildman–Crippen MR) is 116 cm³/mol. The highest BCUT2D eigenvalue weighted by Gasteiger charge is 2.31. The minimum Gasteiger partial charge on any atom is -0.484 e. The molecule has 1 saturated heterocycles. The zero-order valence-electron chi connectivity index (χ0n) is 17.7. The van der Waals surface area contributed by atoms with Gasteiger partial charge in [0.25, 0.3) is 5.91 Å². The van der Waals surface area contributed by atoms with Gasteiger partial charge in [0.1, 0.15) is 5.75 Å². The summed E-state index contributed by atoms with van der Waals surface area (Å²) in [5.74, 6) is -0.0738. The highest BCUT2D eigenvalue weighted by molar-refractivity contribution is 7.89. The van der Waals surface area contributed by atoms with E-state index < -0.39 is 15.9 Å². The van der Waals surface area contributed by atoms with Crippen LogP contribution in [0.4, 0.5) is 0 Å². The van der Waals surface area contributed by atoms with Crippen molar-refractivity contribution < 1.29 is 22.7 Å². The number of benzene rings is 2. The molecule has 1 N–H and O–H groups in total. The second-order valence-corrected chi connectivity index (χ2v) is 9.34. The molecule has 9 heteroatoms. The van der Waals surface area contributed by atoms with Gasteiger partial charge in [0.2, 0.25) is 15.9 Å². The number of carbonyl (C=O) groups is 2. The van der Waals surface area contributed by atoms with Crippen LogP contribution >= 0.6 is 0 Å². The van der Waals surface area contributed by atoms with E-state index in [2.05, 4.69) is 5.32 Å². The van der Waals surface area contributed by atoms with Gasteiger partial charge in [-0.15, -0.1) is 0 Å². The Balaban J connectivity index is 1.47. The largest absolute Gasteiger partial charge is 0.484 e. The number of aryl methyl sites for hydroxylation is 2. The molecule has 2 amide bonds. The molecule has 166 valence electrons. The number of hydrogen-bond donors (Lipinski definition) is 1. The monoisotopic (exact) mass is 445 g/mol. The van der Waals surface area contributed by atoms with E-state index in [1.54, 1.807) is 48.2 Å². The summed E-state index contributed by atoms with van der Waals surface area (Å²) in [7, 11) is -3.61. The standard InChI is InChI=1S/C22H27N3O5S/c1-17-8-9-18(2)20(14-17)31(28,29)25-12-10-24(11-13-25)22(27)15-23-21(26)16-30-19-6-4-3-5-7-19/h3-9,14H,10-13,15-16H2,1-2H3,(H,23,26). The average Bonchev–Trinajstić information content (AvgIpc) is 2.78. The summed E-state index contributed by atoms with van der Waals surface area (Å²) in [6.45, 7) is 4.28. The summed E-state index contributed by atoms with van der Waals surface area (Å²) in [5.41, 5.74) is 1.58. The highest BCUT2D eigenvalue weighted by atomic mass is 32.2. The quantitative estimate of drug-likeness (QED) is 0.694. The molecule has 1 heterocycles. The number of piperazine rings is 1. The topological polar surface area (TPSA) is 96.0 Å². The van der Waals surface area contributed by atoms with Crippen LogP contribution in [0.15, 0.2) is 53.4 Å². The van der Waals surface area contributed by atoms with Crippen molar-refractivity contribution >= 4 is 21.8 Å². The smallest absolute Gasteiger partial charge is 0.258 e. The van der Waals surface area contributed by atoms with Crippen LogP contribution in [0.25, 0.3) is 0 Å². The SMILES string of the molecule is Cc1ccc(C)c(S(=O)(=O)N2CCN(C(=O)CNC(=O)COc3ccccc3)CC2)c1. The molecule has 3 rings (SSSR count). The number of nitrogens with one attached hydrogen (secondary N) is 1. The number of carbonyl (C=O) groups excluding carboxylic acids is 2. The van der Waals surface area contributed by atoms with Gasteiger partial charge in [0.15, 0.2) is 6.61 Å². The summed E-state index contributed by atoms with van der Waals surface area (Å²) >= 11 is 0. The molecular weight excluding hydrogens is 418 g/mol. The summed E-state index contributed by atoms with van der Waals surface area (Å²) in [5, 5.41) is 2.54. The second kappa shape index (κ2) is 9.93. The molecule has 0 unspecified atom stereocenters. The van der Waals surface area contributed by atoms with Crippen molar-refractivity contribution in [3.05, 3.63) is 59.7 Å². The molecule has 1 fully saturated rings. The first-order valence-corrected chi connectivity index (χ1v) is 11.5. The summed E-state index contributed by atoms with van der Waals surface area (Å²) in [6, 6.07) is 14.3. The highest BCUT2D eigenvalue weighted by Crippen LogP contribution is 2.22. The van der Waals surface area contributed by atoms with E-state index in [-0.39, 0.29) is 45.2 Å². The van der Waals surface area contributed by atoms with Crippen LogP contribution in [0.1, 0.15) is 11.1 Å². The fourth-order valence-corrected chi connectivity index (χ4v) is 5.04. The minimum absolute atomic E-state index is 0.152. The molecule has 0 aliphatic carbocycles. The summed E-state index contributed by atoms with van der Waals surface area (Å²) < 4.78 is 32.7. The van der Waals surface area contributed by atoms with Gasteiger partial charge >= 0.3 is 0 Å². The number of nitrogens with zero attached hydrogens (tertiary/aromatic N) is 2. The van der Waals surface area contributed by atoms with Crippen LogP contribution in [-0.4, -0.2) is 68.8 Å². The number of hydrogen-bond acceptors (Lipinski definition) is 5. The van der Waals surface area contributed by atoms with E-state index in [1.165, 1.54) is 4.31 Å². The average molecular weight is 446 g/mol. The minimum atomic E-state index is -3.61. The first-order chi connectivity index (χ1) is 14.8. The lowest BCUT2D eigenvalue weighted by molar-refractivity contribution is -0.134. The van der Waals surface area contributed by atoms with Gasteiger partial charge in [0.05, 0.1) is 11.4 Å². The van der Waals surface area contributed by atoms with Crippen molar-refractivity contribution in [2.75, 3.05) is 39.3 Å². The third-order valence-corrected chi connectivity index (χ3v) is 7.14. The molecule has 0 atom stereocenters. The van der Waals surface area contributed by atoms with Gasteiger partial charge in [0, 0.05) is 26.2 Å². The summed E-state index contributed by atoms with van der Waals surface area (Å²) in [4.78, 5) is 26.2. The maximum absolute atomic E-state index is 13.0. The molecule has 0 bridgehead atoms.